The molecule has 2 nitrogen and oxygen atoms in total. The largest absolute Gasteiger partial charge is 1.00 e. The van der Waals surface area contributed by atoms with E-state index < -0.39 is 0 Å². The van der Waals surface area contributed by atoms with Gasteiger partial charge in [-0.1, -0.05) is 11.6 Å². The summed E-state index contributed by atoms with van der Waals surface area (Å²) in [7, 11) is 0. The summed E-state index contributed by atoms with van der Waals surface area (Å²) in [4.78, 5) is 9.34. The monoisotopic (exact) mass is 128 g/mol. The van der Waals surface area contributed by atoms with E-state index in [9.17, 15) is 9.90 Å². The van der Waals surface area contributed by atoms with Crippen LogP contribution in [0.5, 0.6) is 0 Å². The summed E-state index contributed by atoms with van der Waals surface area (Å²) < 4.78 is 0. The van der Waals surface area contributed by atoms with Gasteiger partial charge >= 0.3 is 29.6 Å². The number of aldehydes is 1. The molecule has 0 saturated carbocycles. The summed E-state index contributed by atoms with van der Waals surface area (Å²) in [6.07, 6.45) is 0.573. The fraction of sp³-hybridized carbons (Fsp3) is 0. The van der Waals surface area contributed by atoms with Gasteiger partial charge in [-0.05, 0) is 0 Å². The van der Waals surface area contributed by atoms with Crippen molar-refractivity contribution in [2.45, 2.75) is 0 Å². The smallest absolute Gasteiger partial charge is 0.877 e. The fourth-order valence-corrected chi connectivity index (χ4v) is 0.0278. The van der Waals surface area contributed by atoms with Crippen molar-refractivity contribution in [2.75, 3.05) is 0 Å². The first-order chi connectivity index (χ1) is 2.81. The Balaban J connectivity index is 0. The van der Waals surface area contributed by atoms with Crippen LogP contribution in [0.25, 0.3) is 0 Å². The van der Waals surface area contributed by atoms with Crippen molar-refractivity contribution in [3.8, 4) is 0 Å². The number of allylic oxidation sites excluding steroid dienone is 1. The molecule has 34 valence electrons. The van der Waals surface area contributed by atoms with E-state index in [1.165, 1.54) is 0 Å². The second kappa shape index (κ2) is 6.50. The molecule has 0 N–H and O–H groups in total. The molecule has 0 fully saturated rings. The molecule has 0 spiro atoms. The van der Waals surface area contributed by atoms with Crippen molar-refractivity contribution in [1.29, 1.82) is 0 Å². The maximum absolute atomic E-state index is 9.34. The van der Waals surface area contributed by atoms with E-state index in [2.05, 4.69) is 0 Å². The van der Waals surface area contributed by atoms with E-state index in [0.29, 0.717) is 0 Å². The number of hydrogen-bond acceptors (Lipinski definition) is 2. The Hall–Kier alpha value is 0.500. The van der Waals surface area contributed by atoms with Crippen LogP contribution in [0.2, 0.25) is 0 Å². The number of hydrogen-bond donors (Lipinski definition) is 0. The normalized spacial score (nSPS) is 9.57. The molecule has 0 unspecified atom stereocenters. The molecule has 0 radical (unpaired) electrons. The number of halogens is 1. The van der Waals surface area contributed by atoms with Crippen LogP contribution in [-0.2, 0) is 4.79 Å². The van der Waals surface area contributed by atoms with Gasteiger partial charge in [0.25, 0.3) is 0 Å². The fourth-order valence-electron chi connectivity index (χ4n) is 0.0278. The Bertz CT molecular complexity index is 81.0. The van der Waals surface area contributed by atoms with Gasteiger partial charge in [0.2, 0.25) is 0 Å². The molecule has 0 aliphatic heterocycles. The maximum atomic E-state index is 9.34. The first-order valence-electron chi connectivity index (χ1n) is 1.24. The van der Waals surface area contributed by atoms with Crippen molar-refractivity contribution in [2.24, 2.45) is 0 Å². The molecule has 0 aliphatic rings. The Morgan fingerprint density at radius 3 is 2.14 bits per heavy atom. The topological polar surface area (TPSA) is 40.1 Å². The second-order valence-corrected chi connectivity index (χ2v) is 1.06. The first-order valence-corrected chi connectivity index (χ1v) is 1.62. The van der Waals surface area contributed by atoms with Crippen molar-refractivity contribution < 1.29 is 39.5 Å². The van der Waals surface area contributed by atoms with E-state index in [1.54, 1.807) is 0 Å². The molecule has 0 amide bonds. The van der Waals surface area contributed by atoms with Crippen LogP contribution >= 0.6 is 11.6 Å². The molecular formula is C3H2ClNaO2. The number of rotatable bonds is 1. The van der Waals surface area contributed by atoms with Crippen LogP contribution in [0.15, 0.2) is 11.3 Å². The summed E-state index contributed by atoms with van der Waals surface area (Å²) in [6, 6.07) is 0. The zero-order valence-electron chi connectivity index (χ0n) is 3.85. The van der Waals surface area contributed by atoms with Gasteiger partial charge in [0, 0.05) is 0 Å². The summed E-state index contributed by atoms with van der Waals surface area (Å²) in [5.74, 6) is 0. The minimum atomic E-state index is -0.296. The van der Waals surface area contributed by atoms with Gasteiger partial charge in [-0.3, -0.25) is 4.79 Å². The average Bonchev–Trinajstić information content (AvgIpc) is 1.65. The number of carbonyl (C=O) groups excluding carboxylic acids is 1. The third kappa shape index (κ3) is 6.50. The van der Waals surface area contributed by atoms with Crippen LogP contribution in [0, 0.1) is 0 Å². The Labute approximate surface area is 68.5 Å². The Morgan fingerprint density at radius 1 is 1.71 bits per heavy atom. The average molecular weight is 128 g/mol. The molecule has 0 rings (SSSR count). The maximum Gasteiger partial charge on any atom is 1.00 e. The SMILES string of the molecule is O=CC(Cl)=C[O-].[Na+]. The van der Waals surface area contributed by atoms with Crippen molar-refractivity contribution in [1.82, 2.24) is 0 Å². The molecule has 0 bridgehead atoms. The van der Waals surface area contributed by atoms with Gasteiger partial charge in [0.05, 0.1) is 5.03 Å². The number of carbonyl (C=O) groups is 1. The zero-order chi connectivity index (χ0) is 4.99. The minimum absolute atomic E-state index is 0. The van der Waals surface area contributed by atoms with Gasteiger partial charge < -0.3 is 5.11 Å². The van der Waals surface area contributed by atoms with Crippen molar-refractivity contribution in [3.63, 3.8) is 0 Å². The molecular weight excluding hydrogens is 126 g/mol. The van der Waals surface area contributed by atoms with E-state index in [-0.39, 0.29) is 47.1 Å². The predicted molar refractivity (Wildman–Crippen MR) is 20.0 cm³/mol. The van der Waals surface area contributed by atoms with Crippen LogP contribution in [0.3, 0.4) is 0 Å². The Morgan fingerprint density at radius 2 is 2.14 bits per heavy atom. The summed E-state index contributed by atoms with van der Waals surface area (Å²) in [5, 5.41) is 9.04. The molecule has 0 aliphatic carbocycles. The van der Waals surface area contributed by atoms with Crippen LogP contribution in [0.4, 0.5) is 0 Å². The van der Waals surface area contributed by atoms with Crippen molar-refractivity contribution in [3.05, 3.63) is 11.3 Å². The van der Waals surface area contributed by atoms with Crippen LogP contribution < -0.4 is 34.7 Å². The standard InChI is InChI=1S/C3H3ClO2.Na/c4-3(1-5)2-6;/h1-2,5H;/q;+1/p-1. The molecule has 0 aromatic rings. The zero-order valence-corrected chi connectivity index (χ0v) is 6.61. The van der Waals surface area contributed by atoms with Crippen LogP contribution in [-0.4, -0.2) is 6.29 Å². The second-order valence-electron chi connectivity index (χ2n) is 0.621. The van der Waals surface area contributed by atoms with Gasteiger partial charge in [-0.2, -0.15) is 0 Å². The summed E-state index contributed by atoms with van der Waals surface area (Å²) >= 11 is 4.83. The van der Waals surface area contributed by atoms with Crippen molar-refractivity contribution >= 4 is 17.9 Å². The van der Waals surface area contributed by atoms with Gasteiger partial charge in [0.15, 0.2) is 6.29 Å². The molecule has 0 heterocycles. The molecule has 4 heteroatoms. The van der Waals surface area contributed by atoms with Gasteiger partial charge in [0.1, 0.15) is 0 Å². The molecule has 0 atom stereocenters. The molecule has 0 aromatic carbocycles. The summed E-state index contributed by atoms with van der Waals surface area (Å²) in [6.45, 7) is 0. The third-order valence-corrected chi connectivity index (χ3v) is 0.403. The van der Waals surface area contributed by atoms with E-state index in [0.717, 1.165) is 0 Å². The molecule has 7 heavy (non-hydrogen) atoms. The quantitative estimate of drug-likeness (QED) is 0.160. The van der Waals surface area contributed by atoms with E-state index >= 15 is 0 Å². The molecule has 0 aromatic heterocycles. The van der Waals surface area contributed by atoms with Crippen LogP contribution in [0.1, 0.15) is 0 Å². The van der Waals surface area contributed by atoms with Gasteiger partial charge in [-0.15, -0.1) is 6.26 Å². The molecule has 0 saturated heterocycles. The summed E-state index contributed by atoms with van der Waals surface area (Å²) in [5.41, 5.74) is 0. The third-order valence-electron chi connectivity index (χ3n) is 0.225. The first kappa shape index (κ1) is 10.5. The van der Waals surface area contributed by atoms with E-state index in [1.807, 2.05) is 0 Å². The Kier molecular flexibility index (Phi) is 9.73. The minimum Gasteiger partial charge on any atom is -0.877 e. The van der Waals surface area contributed by atoms with Gasteiger partial charge in [-0.25, -0.2) is 0 Å². The van der Waals surface area contributed by atoms with E-state index in [4.69, 9.17) is 11.6 Å². The predicted octanol–water partition coefficient (Wildman–Crippen LogP) is -3.37.